The summed E-state index contributed by atoms with van der Waals surface area (Å²) in [6.45, 7) is 2.22. The van der Waals surface area contributed by atoms with Gasteiger partial charge in [0.1, 0.15) is 5.60 Å². The van der Waals surface area contributed by atoms with Gasteiger partial charge in [0.05, 0.1) is 13.2 Å². The molecule has 0 aliphatic heterocycles. The van der Waals surface area contributed by atoms with Crippen LogP contribution < -0.4 is 0 Å². The molecule has 0 rings (SSSR count). The number of hydrogen-bond acceptors (Lipinski definition) is 3. The number of hydrogen-bond donors (Lipinski definition) is 1. The van der Waals surface area contributed by atoms with Crippen LogP contribution in [-0.2, 0) is 9.47 Å². The Hall–Kier alpha value is -0.540. The van der Waals surface area contributed by atoms with E-state index >= 15 is 0 Å². The van der Waals surface area contributed by atoms with Gasteiger partial charge in [-0.25, -0.2) is 0 Å². The average Bonchev–Trinajstić information content (AvgIpc) is 2.20. The molecule has 19 heavy (non-hydrogen) atoms. The molecule has 1 N–H and O–H groups in total. The zero-order valence-electron chi connectivity index (χ0n) is 10.7. The smallest absolute Gasteiger partial charge is 0.379 e. The van der Waals surface area contributed by atoms with Crippen molar-refractivity contribution in [1.82, 2.24) is 0 Å². The van der Waals surface area contributed by atoms with Gasteiger partial charge < -0.3 is 14.6 Å². The van der Waals surface area contributed by atoms with Gasteiger partial charge in [-0.1, -0.05) is 0 Å². The number of ether oxygens (including phenoxy) is 2. The highest BCUT2D eigenvalue weighted by Crippen LogP contribution is 2.50. The summed E-state index contributed by atoms with van der Waals surface area (Å²) in [6, 6.07) is 0. The Kier molecular flexibility index (Phi) is 5.67. The maximum absolute atomic E-state index is 12.6. The molecule has 0 aliphatic carbocycles. The van der Waals surface area contributed by atoms with Crippen LogP contribution in [0.1, 0.15) is 20.8 Å². The van der Waals surface area contributed by atoms with E-state index in [4.69, 9.17) is 9.84 Å². The number of halogens is 6. The van der Waals surface area contributed by atoms with Crippen molar-refractivity contribution in [2.45, 2.75) is 44.3 Å². The maximum Gasteiger partial charge on any atom is 0.429 e. The number of aliphatic hydroxyl groups is 1. The maximum atomic E-state index is 12.6. The molecule has 0 saturated carbocycles. The zero-order chi connectivity index (χ0) is 15.5. The summed E-state index contributed by atoms with van der Waals surface area (Å²) >= 11 is 0. The van der Waals surface area contributed by atoms with Crippen molar-refractivity contribution in [3.63, 3.8) is 0 Å². The molecule has 3 nitrogen and oxygen atoms in total. The van der Waals surface area contributed by atoms with Crippen molar-refractivity contribution >= 4 is 0 Å². The van der Waals surface area contributed by atoms with Crippen LogP contribution >= 0.6 is 0 Å². The molecule has 0 bridgehead atoms. The zero-order valence-corrected chi connectivity index (χ0v) is 10.7. The first-order valence-corrected chi connectivity index (χ1v) is 5.38. The van der Waals surface area contributed by atoms with Crippen LogP contribution in [0, 0.1) is 0 Å². The highest BCUT2D eigenvalue weighted by molar-refractivity contribution is 5.06. The SMILES string of the molecule is CCOCCOC(C)(C)C(O)(C(F)(F)F)C(F)(F)F. The van der Waals surface area contributed by atoms with Crippen molar-refractivity contribution < 1.29 is 40.9 Å². The molecule has 0 radical (unpaired) electrons. The summed E-state index contributed by atoms with van der Waals surface area (Å²) in [5.41, 5.74) is -7.86. The van der Waals surface area contributed by atoms with Gasteiger partial charge in [-0.3, -0.25) is 0 Å². The van der Waals surface area contributed by atoms with E-state index in [-0.39, 0.29) is 13.2 Å². The van der Waals surface area contributed by atoms with Crippen LogP contribution in [0.5, 0.6) is 0 Å². The monoisotopic (exact) mass is 298 g/mol. The van der Waals surface area contributed by atoms with E-state index < -0.39 is 30.2 Å². The second kappa shape index (κ2) is 5.84. The van der Waals surface area contributed by atoms with Crippen molar-refractivity contribution in [3.05, 3.63) is 0 Å². The summed E-state index contributed by atoms with van der Waals surface area (Å²) in [7, 11) is 0. The van der Waals surface area contributed by atoms with E-state index in [0.29, 0.717) is 13.8 Å². The third kappa shape index (κ3) is 3.73. The lowest BCUT2D eigenvalue weighted by Crippen LogP contribution is -2.69. The normalized spacial score (nSPS) is 14.8. The molecule has 0 spiro atoms. The van der Waals surface area contributed by atoms with Gasteiger partial charge in [-0.15, -0.1) is 0 Å². The molecule has 0 fully saturated rings. The van der Waals surface area contributed by atoms with Gasteiger partial charge in [-0.2, -0.15) is 26.3 Å². The molecule has 0 heterocycles. The van der Waals surface area contributed by atoms with E-state index in [1.165, 1.54) is 0 Å². The van der Waals surface area contributed by atoms with E-state index in [9.17, 15) is 26.3 Å². The molecule has 0 unspecified atom stereocenters. The van der Waals surface area contributed by atoms with Gasteiger partial charge in [0.15, 0.2) is 0 Å². The fraction of sp³-hybridized carbons (Fsp3) is 1.00. The summed E-state index contributed by atoms with van der Waals surface area (Å²) in [5, 5.41) is 9.15. The Morgan fingerprint density at radius 2 is 1.32 bits per heavy atom. The van der Waals surface area contributed by atoms with Crippen LogP contribution in [0.15, 0.2) is 0 Å². The van der Waals surface area contributed by atoms with Gasteiger partial charge in [0, 0.05) is 6.61 Å². The minimum atomic E-state index is -5.92. The Morgan fingerprint density at radius 3 is 1.63 bits per heavy atom. The second-order valence-electron chi connectivity index (χ2n) is 4.26. The average molecular weight is 298 g/mol. The first-order chi connectivity index (χ1) is 8.31. The fourth-order valence-electron chi connectivity index (χ4n) is 1.45. The minimum Gasteiger partial charge on any atom is -0.379 e. The number of alkyl halides is 6. The Bertz CT molecular complexity index is 270. The first-order valence-electron chi connectivity index (χ1n) is 5.38. The van der Waals surface area contributed by atoms with Crippen molar-refractivity contribution in [2.75, 3.05) is 19.8 Å². The third-order valence-corrected chi connectivity index (χ3v) is 2.59. The predicted octanol–water partition coefficient (Wildman–Crippen LogP) is 2.67. The van der Waals surface area contributed by atoms with E-state index in [0.717, 1.165) is 0 Å². The van der Waals surface area contributed by atoms with Crippen LogP contribution in [0.2, 0.25) is 0 Å². The first kappa shape index (κ1) is 18.5. The molecule has 0 aromatic rings. The van der Waals surface area contributed by atoms with Gasteiger partial charge in [0.25, 0.3) is 5.60 Å². The minimum absolute atomic E-state index is 0.175. The topological polar surface area (TPSA) is 38.7 Å². The van der Waals surface area contributed by atoms with E-state index in [2.05, 4.69) is 4.74 Å². The molecule has 0 aromatic carbocycles. The molecule has 9 heteroatoms. The van der Waals surface area contributed by atoms with Gasteiger partial charge >= 0.3 is 12.4 Å². The largest absolute Gasteiger partial charge is 0.429 e. The third-order valence-electron chi connectivity index (χ3n) is 2.59. The summed E-state index contributed by atoms with van der Waals surface area (Å²) in [4.78, 5) is 0. The lowest BCUT2D eigenvalue weighted by atomic mass is 9.84. The molecule has 0 amide bonds. The van der Waals surface area contributed by atoms with Crippen molar-refractivity contribution in [1.29, 1.82) is 0 Å². The van der Waals surface area contributed by atoms with Crippen LogP contribution in [0.3, 0.4) is 0 Å². The molecule has 0 atom stereocenters. The molecular formula is C10H16F6O3. The molecule has 0 saturated heterocycles. The quantitative estimate of drug-likeness (QED) is 0.605. The Labute approximate surface area is 106 Å². The van der Waals surface area contributed by atoms with Crippen molar-refractivity contribution in [2.24, 2.45) is 0 Å². The summed E-state index contributed by atoms with van der Waals surface area (Å²) in [6.07, 6.45) is -11.8. The van der Waals surface area contributed by atoms with E-state index in [1.54, 1.807) is 6.92 Å². The number of rotatable bonds is 6. The van der Waals surface area contributed by atoms with E-state index in [1.807, 2.05) is 0 Å². The van der Waals surface area contributed by atoms with Crippen LogP contribution in [0.4, 0.5) is 26.3 Å². The summed E-state index contributed by atoms with van der Waals surface area (Å²) in [5.74, 6) is 0. The lowest BCUT2D eigenvalue weighted by molar-refractivity contribution is -0.412. The lowest BCUT2D eigenvalue weighted by Gasteiger charge is -2.43. The molecule has 116 valence electrons. The van der Waals surface area contributed by atoms with Crippen LogP contribution in [-0.4, -0.2) is 48.5 Å². The Morgan fingerprint density at radius 1 is 0.895 bits per heavy atom. The molecular weight excluding hydrogens is 282 g/mol. The van der Waals surface area contributed by atoms with Crippen LogP contribution in [0.25, 0.3) is 0 Å². The molecule has 0 aliphatic rings. The summed E-state index contributed by atoms with van der Waals surface area (Å²) < 4.78 is 84.8. The van der Waals surface area contributed by atoms with Gasteiger partial charge in [0.2, 0.25) is 0 Å². The fourth-order valence-corrected chi connectivity index (χ4v) is 1.45. The Balaban J connectivity index is 5.16. The molecule has 0 aromatic heterocycles. The highest BCUT2D eigenvalue weighted by atomic mass is 19.4. The standard InChI is InChI=1S/C10H16F6O3/c1-4-18-5-6-19-7(2,3)8(17,9(11,12)13)10(14,15)16/h17H,4-6H2,1-3H3. The highest BCUT2D eigenvalue weighted by Gasteiger charge is 2.77. The predicted molar refractivity (Wildman–Crippen MR) is 53.6 cm³/mol. The van der Waals surface area contributed by atoms with Crippen molar-refractivity contribution in [3.8, 4) is 0 Å². The van der Waals surface area contributed by atoms with Gasteiger partial charge in [-0.05, 0) is 20.8 Å². The second-order valence-corrected chi connectivity index (χ2v) is 4.26.